The number of nitrogens with zero attached hydrogens (tertiary/aromatic N) is 1. The van der Waals surface area contributed by atoms with Crippen molar-refractivity contribution in [1.29, 1.82) is 0 Å². The second-order valence-electron chi connectivity index (χ2n) is 12.2. The zero-order chi connectivity index (χ0) is 32.0. The highest BCUT2D eigenvalue weighted by Crippen LogP contribution is 2.54. The summed E-state index contributed by atoms with van der Waals surface area (Å²) in [6.07, 6.45) is -3.77. The van der Waals surface area contributed by atoms with Gasteiger partial charge in [-0.2, -0.15) is 0 Å². The molecule has 15 nitrogen and oxygen atoms in total. The van der Waals surface area contributed by atoms with E-state index in [1.165, 1.54) is 26.0 Å². The summed E-state index contributed by atoms with van der Waals surface area (Å²) < 4.78 is 22.0. The van der Waals surface area contributed by atoms with Crippen molar-refractivity contribution >= 4 is 41.5 Å². The molecule has 4 bridgehead atoms. The number of ether oxygens (including phenoxy) is 4. The zero-order valence-electron chi connectivity index (χ0n) is 24.2. The summed E-state index contributed by atoms with van der Waals surface area (Å²) in [6.45, 7) is 10.1. The fraction of sp³-hybridized carbons (Fsp3) is 0.467. The first-order valence-corrected chi connectivity index (χ1v) is 14.4. The van der Waals surface area contributed by atoms with Crippen molar-refractivity contribution in [2.75, 3.05) is 5.23 Å². The predicted octanol–water partition coefficient (Wildman–Crippen LogP) is -0.303. The lowest BCUT2D eigenvalue weighted by atomic mass is 9.74. The van der Waals surface area contributed by atoms with Crippen LogP contribution in [0.25, 0.3) is 0 Å². The van der Waals surface area contributed by atoms with Crippen LogP contribution in [0.15, 0.2) is 54.6 Å². The first-order valence-electron chi connectivity index (χ1n) is 14.4. The monoisotopic (exact) mass is 623 g/mol. The van der Waals surface area contributed by atoms with Gasteiger partial charge in [-0.05, 0) is 44.0 Å². The minimum atomic E-state index is -1.81. The summed E-state index contributed by atoms with van der Waals surface area (Å²) in [5.74, 6) is -5.21. The first-order chi connectivity index (χ1) is 21.4. The van der Waals surface area contributed by atoms with Crippen LogP contribution in [0, 0.1) is 10.8 Å². The van der Waals surface area contributed by atoms with Crippen molar-refractivity contribution in [2.24, 2.45) is 10.8 Å². The van der Waals surface area contributed by atoms with E-state index in [2.05, 4.69) is 23.8 Å². The number of benzene rings is 1. The Morgan fingerprint density at radius 3 is 1.60 bits per heavy atom. The van der Waals surface area contributed by atoms with Crippen LogP contribution < -0.4 is 15.9 Å². The molecule has 10 unspecified atom stereocenters. The van der Waals surface area contributed by atoms with Gasteiger partial charge in [0.15, 0.2) is 35.2 Å². The standard InChI is InChI=1S/C30H29N3O12/c1-12(2)23(34)40-17-15-10-29(21(31-15)19(17)42-25(29)36)27(38)44-33(14-8-6-5-7-9-14)45-28(39)30-11-16-18(41-24(35)13(3)4)20(22(30)32-16)43-26(30)37/h5-9,15-22,31-32H,1,3,10-11H2,2,4H3. The summed E-state index contributed by atoms with van der Waals surface area (Å²) in [7, 11) is 0. The molecule has 15 heteroatoms. The highest BCUT2D eigenvalue weighted by atomic mass is 17.0. The molecule has 6 aliphatic rings. The van der Waals surface area contributed by atoms with E-state index in [1.807, 2.05) is 0 Å². The molecule has 45 heavy (non-hydrogen) atoms. The van der Waals surface area contributed by atoms with E-state index in [0.717, 1.165) is 0 Å². The van der Waals surface area contributed by atoms with Gasteiger partial charge in [0.2, 0.25) is 0 Å². The molecule has 0 aromatic heterocycles. The number of nitrogens with one attached hydrogen (secondary N) is 2. The van der Waals surface area contributed by atoms with Crippen LogP contribution in [-0.2, 0) is 57.4 Å². The van der Waals surface area contributed by atoms with Crippen LogP contribution in [0.3, 0.4) is 0 Å². The number of hydrogen-bond acceptors (Lipinski definition) is 15. The van der Waals surface area contributed by atoms with Crippen LogP contribution in [0.2, 0.25) is 0 Å². The highest BCUT2D eigenvalue weighted by molar-refractivity contribution is 6.05. The minimum Gasteiger partial charge on any atom is -0.456 e. The highest BCUT2D eigenvalue weighted by Gasteiger charge is 2.78. The van der Waals surface area contributed by atoms with Gasteiger partial charge in [-0.25, -0.2) is 19.2 Å². The summed E-state index contributed by atoms with van der Waals surface area (Å²) in [4.78, 5) is 89.6. The number of carbonyl (C=O) groups excluding carboxylic acids is 6. The molecule has 6 heterocycles. The van der Waals surface area contributed by atoms with Gasteiger partial charge in [0.05, 0.1) is 24.2 Å². The van der Waals surface area contributed by atoms with Crippen molar-refractivity contribution in [2.45, 2.75) is 75.3 Å². The maximum Gasteiger partial charge on any atom is 0.355 e. The van der Waals surface area contributed by atoms with Crippen LogP contribution in [0.1, 0.15) is 26.7 Å². The molecule has 6 aliphatic heterocycles. The van der Waals surface area contributed by atoms with E-state index in [9.17, 15) is 28.8 Å². The van der Waals surface area contributed by atoms with Gasteiger partial charge in [0.25, 0.3) is 0 Å². The first kappa shape index (κ1) is 29.0. The second-order valence-corrected chi connectivity index (χ2v) is 12.2. The van der Waals surface area contributed by atoms with Crippen molar-refractivity contribution in [3.63, 3.8) is 0 Å². The Kier molecular flexibility index (Phi) is 6.36. The molecule has 0 aliphatic carbocycles. The summed E-state index contributed by atoms with van der Waals surface area (Å²) in [6, 6.07) is 4.91. The third kappa shape index (κ3) is 3.96. The predicted molar refractivity (Wildman–Crippen MR) is 146 cm³/mol. The molecule has 0 amide bonds. The molecule has 0 spiro atoms. The fourth-order valence-electron chi connectivity index (χ4n) is 7.29. The van der Waals surface area contributed by atoms with Crippen LogP contribution >= 0.6 is 0 Å². The molecule has 6 saturated heterocycles. The lowest BCUT2D eigenvalue weighted by Crippen LogP contribution is -2.53. The zero-order valence-corrected chi connectivity index (χ0v) is 24.2. The van der Waals surface area contributed by atoms with Gasteiger partial charge in [-0.15, -0.1) is 0 Å². The minimum absolute atomic E-state index is 0.103. The van der Waals surface area contributed by atoms with E-state index in [0.29, 0.717) is 5.23 Å². The summed E-state index contributed by atoms with van der Waals surface area (Å²) in [5, 5.41) is 6.79. The van der Waals surface area contributed by atoms with Crippen molar-refractivity contribution in [3.8, 4) is 0 Å². The van der Waals surface area contributed by atoms with Gasteiger partial charge in [0.1, 0.15) is 5.69 Å². The Morgan fingerprint density at radius 2 is 1.20 bits per heavy atom. The average Bonchev–Trinajstić information content (AvgIpc) is 3.80. The van der Waals surface area contributed by atoms with E-state index in [1.54, 1.807) is 18.2 Å². The Balaban J connectivity index is 1.11. The molecule has 7 rings (SSSR count). The number of carbonyl (C=O) groups is 6. The van der Waals surface area contributed by atoms with Gasteiger partial charge < -0.3 is 39.3 Å². The van der Waals surface area contributed by atoms with E-state index in [-0.39, 0.29) is 29.7 Å². The third-order valence-corrected chi connectivity index (χ3v) is 9.46. The second kappa shape index (κ2) is 9.87. The van der Waals surface area contributed by atoms with E-state index >= 15 is 0 Å². The lowest BCUT2D eigenvalue weighted by Gasteiger charge is -2.32. The maximum absolute atomic E-state index is 13.8. The number of rotatable bonds is 9. The summed E-state index contributed by atoms with van der Waals surface area (Å²) in [5.41, 5.74) is -3.19. The Hall–Kier alpha value is -4.76. The normalized spacial score (nSPS) is 37.5. The van der Waals surface area contributed by atoms with Gasteiger partial charge in [0, 0.05) is 11.1 Å². The Bertz CT molecular complexity index is 1480. The molecule has 236 valence electrons. The number of hydrogen-bond donors (Lipinski definition) is 2. The van der Waals surface area contributed by atoms with Crippen LogP contribution in [0.5, 0.6) is 0 Å². The quantitative estimate of drug-likeness (QED) is 0.120. The van der Waals surface area contributed by atoms with Gasteiger partial charge >= 0.3 is 35.8 Å². The third-order valence-electron chi connectivity index (χ3n) is 9.46. The fourth-order valence-corrected chi connectivity index (χ4v) is 7.29. The largest absolute Gasteiger partial charge is 0.456 e. The SMILES string of the molecule is C=C(C)C(=O)OC1C2CC3(C(=O)ON(OC(=O)C45CC6NC4C(OC5=O)C6OC(=O)C(=C)C)c4ccccc4)C(=O)OC1C3N2. The lowest BCUT2D eigenvalue weighted by molar-refractivity contribution is -0.189. The molecule has 0 radical (unpaired) electrons. The number of para-hydroxylation sites is 1. The van der Waals surface area contributed by atoms with Crippen LogP contribution in [0.4, 0.5) is 5.69 Å². The van der Waals surface area contributed by atoms with E-state index < -0.39 is 95.2 Å². The number of anilines is 1. The topological polar surface area (TPSA) is 185 Å². The van der Waals surface area contributed by atoms with E-state index in [4.69, 9.17) is 28.6 Å². The molecule has 10 atom stereocenters. The maximum atomic E-state index is 13.8. The van der Waals surface area contributed by atoms with Gasteiger partial charge in [-0.3, -0.25) is 9.59 Å². The van der Waals surface area contributed by atoms with Crippen molar-refractivity contribution < 1.29 is 57.4 Å². The van der Waals surface area contributed by atoms with Gasteiger partial charge in [-0.1, -0.05) is 31.4 Å². The van der Waals surface area contributed by atoms with Crippen molar-refractivity contribution in [3.05, 3.63) is 54.6 Å². The molecular formula is C30H29N3O12. The molecule has 6 fully saturated rings. The Morgan fingerprint density at radius 1 is 0.778 bits per heavy atom. The Labute approximate surface area is 255 Å². The molecule has 0 saturated carbocycles. The number of fused-ring (bicyclic) bond motifs is 2. The van der Waals surface area contributed by atoms with Crippen LogP contribution in [-0.4, -0.2) is 84.4 Å². The molecule has 2 N–H and O–H groups in total. The van der Waals surface area contributed by atoms with Crippen molar-refractivity contribution in [1.82, 2.24) is 10.6 Å². The average molecular weight is 624 g/mol. The molecule has 1 aromatic carbocycles. The smallest absolute Gasteiger partial charge is 0.355 e. The number of esters is 4. The summed E-state index contributed by atoms with van der Waals surface area (Å²) >= 11 is 0. The molecule has 1 aromatic rings. The molecular weight excluding hydrogens is 594 g/mol.